The quantitative estimate of drug-likeness (QED) is 0.739. The van der Waals surface area contributed by atoms with Gasteiger partial charge in [0, 0.05) is 5.56 Å². The molecule has 0 amide bonds. The van der Waals surface area contributed by atoms with Crippen molar-refractivity contribution >= 4 is 15.6 Å². The number of carbonyl (C=O) groups excluding carboxylic acids is 1. The smallest absolute Gasteiger partial charge is 0.180 e. The molecule has 1 saturated heterocycles. The zero-order valence-electron chi connectivity index (χ0n) is 8.93. The maximum atomic E-state index is 12.0. The van der Waals surface area contributed by atoms with Crippen LogP contribution in [0.3, 0.4) is 0 Å². The summed E-state index contributed by atoms with van der Waals surface area (Å²) in [4.78, 5) is 12.0. The Labute approximate surface area is 95.4 Å². The molecule has 1 unspecified atom stereocenters. The van der Waals surface area contributed by atoms with Gasteiger partial charge >= 0.3 is 0 Å². The summed E-state index contributed by atoms with van der Waals surface area (Å²) in [6.07, 6.45) is 1.97. The molecule has 1 heterocycles. The third-order valence-electron chi connectivity index (χ3n) is 2.93. The standard InChI is InChI=1S/C12H14O3S/c13-12(10-6-2-1-3-7-10)11-8-4-5-9-16(11,14)15/h1-3,6-7,11H,4-5,8-9H2. The molecule has 3 nitrogen and oxygen atoms in total. The summed E-state index contributed by atoms with van der Waals surface area (Å²) in [5.41, 5.74) is 0.498. The Kier molecular flexibility index (Phi) is 3.10. The van der Waals surface area contributed by atoms with Crippen LogP contribution in [0.25, 0.3) is 0 Å². The van der Waals surface area contributed by atoms with E-state index in [-0.39, 0.29) is 11.5 Å². The zero-order valence-corrected chi connectivity index (χ0v) is 9.74. The normalized spacial score (nSPS) is 23.9. The molecule has 0 saturated carbocycles. The van der Waals surface area contributed by atoms with Crippen molar-refractivity contribution in [3.8, 4) is 0 Å². The lowest BCUT2D eigenvalue weighted by atomic mass is 10.0. The van der Waals surface area contributed by atoms with Crippen LogP contribution < -0.4 is 0 Å². The van der Waals surface area contributed by atoms with E-state index in [4.69, 9.17) is 0 Å². The first kappa shape index (κ1) is 11.3. The Bertz CT molecular complexity index is 476. The second-order valence-electron chi connectivity index (χ2n) is 4.08. The van der Waals surface area contributed by atoms with Crippen molar-refractivity contribution in [1.82, 2.24) is 0 Å². The molecule has 1 aromatic carbocycles. The third-order valence-corrected chi connectivity index (χ3v) is 5.10. The molecular formula is C12H14O3S. The Hall–Kier alpha value is -1.16. The van der Waals surface area contributed by atoms with Crippen molar-refractivity contribution in [2.75, 3.05) is 5.75 Å². The van der Waals surface area contributed by atoms with E-state index < -0.39 is 15.1 Å². The molecule has 86 valence electrons. The fourth-order valence-corrected chi connectivity index (χ4v) is 3.92. The number of ketones is 1. The predicted molar refractivity (Wildman–Crippen MR) is 62.2 cm³/mol. The van der Waals surface area contributed by atoms with Crippen LogP contribution in [-0.4, -0.2) is 25.2 Å². The summed E-state index contributed by atoms with van der Waals surface area (Å²) in [5, 5.41) is -0.816. The van der Waals surface area contributed by atoms with Crippen LogP contribution >= 0.6 is 0 Å². The molecule has 0 spiro atoms. The van der Waals surface area contributed by atoms with Gasteiger partial charge in [-0.15, -0.1) is 0 Å². The van der Waals surface area contributed by atoms with Gasteiger partial charge in [0.25, 0.3) is 0 Å². The second-order valence-corrected chi connectivity index (χ2v) is 6.38. The summed E-state index contributed by atoms with van der Waals surface area (Å²) < 4.78 is 23.6. The van der Waals surface area contributed by atoms with Gasteiger partial charge in [-0.2, -0.15) is 0 Å². The van der Waals surface area contributed by atoms with Gasteiger partial charge in [0.15, 0.2) is 15.6 Å². The first-order valence-corrected chi connectivity index (χ1v) is 7.13. The van der Waals surface area contributed by atoms with Gasteiger partial charge < -0.3 is 0 Å². The van der Waals surface area contributed by atoms with E-state index in [2.05, 4.69) is 0 Å². The third kappa shape index (κ3) is 2.16. The molecule has 0 aromatic heterocycles. The summed E-state index contributed by atoms with van der Waals surface area (Å²) in [5.74, 6) is -0.101. The van der Waals surface area contributed by atoms with Crippen molar-refractivity contribution in [3.05, 3.63) is 35.9 Å². The molecule has 1 aliphatic heterocycles. The molecular weight excluding hydrogens is 224 g/mol. The van der Waals surface area contributed by atoms with E-state index in [0.29, 0.717) is 18.4 Å². The minimum atomic E-state index is -3.22. The second kappa shape index (κ2) is 4.37. The van der Waals surface area contributed by atoms with Crippen molar-refractivity contribution in [2.45, 2.75) is 24.5 Å². The highest BCUT2D eigenvalue weighted by molar-refractivity contribution is 7.92. The van der Waals surface area contributed by atoms with Crippen LogP contribution in [0.2, 0.25) is 0 Å². The highest BCUT2D eigenvalue weighted by Gasteiger charge is 2.34. The molecule has 0 aliphatic carbocycles. The highest BCUT2D eigenvalue weighted by atomic mass is 32.2. The largest absolute Gasteiger partial charge is 0.293 e. The molecule has 4 heteroatoms. The maximum Gasteiger partial charge on any atom is 0.180 e. The van der Waals surface area contributed by atoms with Gasteiger partial charge in [0.05, 0.1) is 5.75 Å². The SMILES string of the molecule is O=C(c1ccccc1)C1CCCCS1(=O)=O. The minimum Gasteiger partial charge on any atom is -0.293 e. The van der Waals surface area contributed by atoms with Gasteiger partial charge in [-0.3, -0.25) is 4.79 Å². The fourth-order valence-electron chi connectivity index (χ4n) is 2.04. The van der Waals surface area contributed by atoms with Crippen molar-refractivity contribution in [1.29, 1.82) is 0 Å². The van der Waals surface area contributed by atoms with Crippen LogP contribution in [0.1, 0.15) is 29.6 Å². The lowest BCUT2D eigenvalue weighted by Gasteiger charge is -2.20. The average Bonchev–Trinajstić information content (AvgIpc) is 2.29. The van der Waals surface area contributed by atoms with E-state index in [1.54, 1.807) is 24.3 Å². The summed E-state index contributed by atoms with van der Waals surface area (Å²) >= 11 is 0. The number of Topliss-reactive ketones (excluding diaryl/α,β-unsaturated/α-hetero) is 1. The van der Waals surface area contributed by atoms with Crippen LogP contribution in [0.5, 0.6) is 0 Å². The van der Waals surface area contributed by atoms with Gasteiger partial charge in [-0.25, -0.2) is 8.42 Å². The van der Waals surface area contributed by atoms with Crippen LogP contribution in [-0.2, 0) is 9.84 Å². The summed E-state index contributed by atoms with van der Waals surface area (Å²) in [6, 6.07) is 8.66. The van der Waals surface area contributed by atoms with Crippen LogP contribution in [0.4, 0.5) is 0 Å². The number of sulfone groups is 1. The molecule has 1 fully saturated rings. The number of hydrogen-bond acceptors (Lipinski definition) is 3. The molecule has 16 heavy (non-hydrogen) atoms. The Morgan fingerprint density at radius 1 is 1.12 bits per heavy atom. The monoisotopic (exact) mass is 238 g/mol. The van der Waals surface area contributed by atoms with Gasteiger partial charge in [0.2, 0.25) is 0 Å². The maximum absolute atomic E-state index is 12.0. The van der Waals surface area contributed by atoms with Crippen molar-refractivity contribution < 1.29 is 13.2 Å². The lowest BCUT2D eigenvalue weighted by molar-refractivity contribution is 0.0981. The average molecular weight is 238 g/mol. The van der Waals surface area contributed by atoms with Crippen LogP contribution in [0.15, 0.2) is 30.3 Å². The summed E-state index contributed by atoms with van der Waals surface area (Å²) in [6.45, 7) is 0. The molecule has 1 aromatic rings. The fraction of sp³-hybridized carbons (Fsp3) is 0.417. The summed E-state index contributed by atoms with van der Waals surface area (Å²) in [7, 11) is -3.22. The molecule has 2 rings (SSSR count). The number of hydrogen-bond donors (Lipinski definition) is 0. The van der Waals surface area contributed by atoms with Gasteiger partial charge in [-0.05, 0) is 12.8 Å². The minimum absolute atomic E-state index is 0.149. The molecule has 1 aliphatic rings. The Morgan fingerprint density at radius 2 is 1.81 bits per heavy atom. The number of carbonyl (C=O) groups is 1. The Morgan fingerprint density at radius 3 is 2.44 bits per heavy atom. The highest BCUT2D eigenvalue weighted by Crippen LogP contribution is 2.22. The Balaban J connectivity index is 2.28. The molecule has 0 N–H and O–H groups in total. The molecule has 0 bridgehead atoms. The van der Waals surface area contributed by atoms with E-state index in [1.165, 1.54) is 0 Å². The van der Waals surface area contributed by atoms with Crippen molar-refractivity contribution in [2.24, 2.45) is 0 Å². The number of rotatable bonds is 2. The number of benzene rings is 1. The lowest BCUT2D eigenvalue weighted by Crippen LogP contribution is -2.35. The van der Waals surface area contributed by atoms with E-state index in [0.717, 1.165) is 6.42 Å². The van der Waals surface area contributed by atoms with Crippen LogP contribution in [0, 0.1) is 0 Å². The van der Waals surface area contributed by atoms with E-state index in [1.807, 2.05) is 6.07 Å². The van der Waals surface area contributed by atoms with Crippen molar-refractivity contribution in [3.63, 3.8) is 0 Å². The zero-order chi connectivity index (χ0) is 11.6. The topological polar surface area (TPSA) is 51.2 Å². The molecule has 1 atom stereocenters. The van der Waals surface area contributed by atoms with Gasteiger partial charge in [-0.1, -0.05) is 36.8 Å². The van der Waals surface area contributed by atoms with Gasteiger partial charge in [0.1, 0.15) is 5.25 Å². The molecule has 0 radical (unpaired) electrons. The first-order chi connectivity index (χ1) is 7.61. The van der Waals surface area contributed by atoms with E-state index >= 15 is 0 Å². The first-order valence-electron chi connectivity index (χ1n) is 5.42. The van der Waals surface area contributed by atoms with E-state index in [9.17, 15) is 13.2 Å². The predicted octanol–water partition coefficient (Wildman–Crippen LogP) is 1.84.